The second kappa shape index (κ2) is 4.83. The normalized spacial score (nSPS) is 13.8. The Bertz CT molecular complexity index is 337. The number of rotatable bonds is 3. The van der Waals surface area contributed by atoms with Gasteiger partial charge in [-0.3, -0.25) is 0 Å². The third-order valence-electron chi connectivity index (χ3n) is 2.85. The fourth-order valence-corrected chi connectivity index (χ4v) is 1.31. The molecule has 0 amide bonds. The van der Waals surface area contributed by atoms with Crippen LogP contribution in [0.25, 0.3) is 0 Å². The van der Waals surface area contributed by atoms with E-state index >= 15 is 0 Å². The molecule has 2 nitrogen and oxygen atoms in total. The van der Waals surface area contributed by atoms with Crippen molar-refractivity contribution in [2.75, 3.05) is 0 Å². The minimum absolute atomic E-state index is 0.0276. The average molecular weight is 225 g/mol. The van der Waals surface area contributed by atoms with Crippen LogP contribution in [0.2, 0.25) is 0 Å². The van der Waals surface area contributed by atoms with Gasteiger partial charge in [0.1, 0.15) is 11.6 Å². The maximum atomic E-state index is 13.0. The van der Waals surface area contributed by atoms with E-state index in [-0.39, 0.29) is 11.2 Å². The van der Waals surface area contributed by atoms with E-state index in [1.54, 1.807) is 6.07 Å². The van der Waals surface area contributed by atoms with Crippen molar-refractivity contribution in [2.45, 2.75) is 40.3 Å². The molecule has 2 N–H and O–H groups in total. The summed E-state index contributed by atoms with van der Waals surface area (Å²) in [5, 5.41) is 12.6. The van der Waals surface area contributed by atoms with Gasteiger partial charge in [-0.2, -0.15) is 0 Å². The van der Waals surface area contributed by atoms with Gasteiger partial charge in [-0.25, -0.2) is 4.39 Å². The molecule has 0 heterocycles. The molecule has 1 atom stereocenters. The number of phenols is 1. The lowest BCUT2D eigenvalue weighted by molar-refractivity contribution is 0.285. The van der Waals surface area contributed by atoms with E-state index in [0.29, 0.717) is 12.6 Å². The smallest absolute Gasteiger partial charge is 0.127 e. The Kier molecular flexibility index (Phi) is 3.92. The molecule has 0 spiro atoms. The van der Waals surface area contributed by atoms with Crippen molar-refractivity contribution in [3.63, 3.8) is 0 Å². The molecule has 0 bridgehead atoms. The maximum Gasteiger partial charge on any atom is 0.127 e. The highest BCUT2D eigenvalue weighted by molar-refractivity contribution is 5.28. The molecule has 90 valence electrons. The summed E-state index contributed by atoms with van der Waals surface area (Å²) in [5.41, 5.74) is 0.920. The second-order valence-corrected chi connectivity index (χ2v) is 5.29. The molecule has 16 heavy (non-hydrogen) atoms. The minimum atomic E-state index is -0.403. The highest BCUT2D eigenvalue weighted by Crippen LogP contribution is 2.20. The SMILES string of the molecule is CC(NCc1cc(O)cc(F)c1)C(C)(C)C. The lowest BCUT2D eigenvalue weighted by atomic mass is 9.88. The second-order valence-electron chi connectivity index (χ2n) is 5.29. The quantitative estimate of drug-likeness (QED) is 0.828. The van der Waals surface area contributed by atoms with Gasteiger partial charge in [0.2, 0.25) is 0 Å². The van der Waals surface area contributed by atoms with Gasteiger partial charge < -0.3 is 10.4 Å². The predicted molar refractivity (Wildman–Crippen MR) is 63.8 cm³/mol. The first-order chi connectivity index (χ1) is 7.29. The van der Waals surface area contributed by atoms with Crippen molar-refractivity contribution < 1.29 is 9.50 Å². The van der Waals surface area contributed by atoms with Crippen LogP contribution in [0.5, 0.6) is 5.75 Å². The van der Waals surface area contributed by atoms with Crippen LogP contribution < -0.4 is 5.32 Å². The summed E-state index contributed by atoms with van der Waals surface area (Å²) in [6.07, 6.45) is 0. The third kappa shape index (κ3) is 3.81. The van der Waals surface area contributed by atoms with Crippen LogP contribution in [0.15, 0.2) is 18.2 Å². The van der Waals surface area contributed by atoms with E-state index < -0.39 is 5.82 Å². The Balaban J connectivity index is 2.61. The third-order valence-corrected chi connectivity index (χ3v) is 2.85. The maximum absolute atomic E-state index is 13.0. The predicted octanol–water partition coefficient (Wildman–Crippen LogP) is 3.06. The van der Waals surface area contributed by atoms with Crippen LogP contribution in [0.4, 0.5) is 4.39 Å². The van der Waals surface area contributed by atoms with Crippen molar-refractivity contribution >= 4 is 0 Å². The monoisotopic (exact) mass is 225 g/mol. The Hall–Kier alpha value is -1.09. The van der Waals surface area contributed by atoms with E-state index in [0.717, 1.165) is 11.6 Å². The highest BCUT2D eigenvalue weighted by Gasteiger charge is 2.19. The summed E-state index contributed by atoms with van der Waals surface area (Å²) in [6.45, 7) is 9.10. The zero-order chi connectivity index (χ0) is 12.3. The van der Waals surface area contributed by atoms with Crippen molar-refractivity contribution in [1.29, 1.82) is 0 Å². The Morgan fingerprint density at radius 1 is 1.31 bits per heavy atom. The van der Waals surface area contributed by atoms with Gasteiger partial charge in [-0.15, -0.1) is 0 Å². The van der Waals surface area contributed by atoms with Gasteiger partial charge in [-0.1, -0.05) is 20.8 Å². The Morgan fingerprint density at radius 2 is 1.94 bits per heavy atom. The lowest BCUT2D eigenvalue weighted by Crippen LogP contribution is -2.37. The average Bonchev–Trinajstić information content (AvgIpc) is 2.11. The van der Waals surface area contributed by atoms with Gasteiger partial charge in [0, 0.05) is 18.7 Å². The van der Waals surface area contributed by atoms with Crippen LogP contribution in [0.3, 0.4) is 0 Å². The fourth-order valence-electron chi connectivity index (χ4n) is 1.31. The largest absolute Gasteiger partial charge is 0.508 e. The van der Waals surface area contributed by atoms with Crippen molar-refractivity contribution in [3.8, 4) is 5.75 Å². The van der Waals surface area contributed by atoms with Crippen LogP contribution >= 0.6 is 0 Å². The number of phenolic OH excluding ortho intramolecular Hbond substituents is 1. The van der Waals surface area contributed by atoms with Gasteiger partial charge in [0.05, 0.1) is 0 Å². The topological polar surface area (TPSA) is 32.3 Å². The summed E-state index contributed by atoms with van der Waals surface area (Å²) >= 11 is 0. The molecular weight excluding hydrogens is 205 g/mol. The first kappa shape index (κ1) is 13.0. The van der Waals surface area contributed by atoms with Crippen LogP contribution in [0.1, 0.15) is 33.3 Å². The Labute approximate surface area is 96.5 Å². The van der Waals surface area contributed by atoms with Gasteiger partial charge in [0.25, 0.3) is 0 Å². The molecule has 0 aliphatic heterocycles. The molecule has 0 aliphatic carbocycles. The number of benzene rings is 1. The van der Waals surface area contributed by atoms with Crippen LogP contribution in [0, 0.1) is 11.2 Å². The molecule has 3 heteroatoms. The molecule has 0 fully saturated rings. The minimum Gasteiger partial charge on any atom is -0.508 e. The fraction of sp³-hybridized carbons (Fsp3) is 0.538. The summed E-state index contributed by atoms with van der Waals surface area (Å²) in [7, 11) is 0. The van der Waals surface area contributed by atoms with Crippen LogP contribution in [-0.2, 0) is 6.54 Å². The standard InChI is InChI=1S/C13H20FNO/c1-9(13(2,3)4)15-8-10-5-11(14)7-12(16)6-10/h5-7,9,15-16H,8H2,1-4H3. The molecule has 0 aromatic heterocycles. The van der Waals surface area contributed by atoms with E-state index in [1.165, 1.54) is 6.07 Å². The van der Waals surface area contributed by atoms with E-state index in [1.807, 2.05) is 0 Å². The molecule has 0 saturated heterocycles. The summed E-state index contributed by atoms with van der Waals surface area (Å²) in [5.74, 6) is -0.430. The van der Waals surface area contributed by atoms with Gasteiger partial charge in [-0.05, 0) is 30.0 Å². The number of nitrogens with one attached hydrogen (secondary N) is 1. The van der Waals surface area contributed by atoms with Crippen LogP contribution in [-0.4, -0.2) is 11.1 Å². The molecule has 1 rings (SSSR count). The van der Waals surface area contributed by atoms with E-state index in [2.05, 4.69) is 33.0 Å². The number of hydrogen-bond acceptors (Lipinski definition) is 2. The lowest BCUT2D eigenvalue weighted by Gasteiger charge is -2.28. The number of hydrogen-bond donors (Lipinski definition) is 2. The summed E-state index contributed by atoms with van der Waals surface area (Å²) in [4.78, 5) is 0. The molecule has 0 saturated carbocycles. The molecule has 1 unspecified atom stereocenters. The van der Waals surface area contributed by atoms with Crippen molar-refractivity contribution in [1.82, 2.24) is 5.32 Å². The molecule has 1 aromatic rings. The van der Waals surface area contributed by atoms with E-state index in [9.17, 15) is 9.50 Å². The van der Waals surface area contributed by atoms with Gasteiger partial charge >= 0.3 is 0 Å². The first-order valence-electron chi connectivity index (χ1n) is 5.51. The molecule has 0 radical (unpaired) electrons. The zero-order valence-electron chi connectivity index (χ0n) is 10.3. The number of halogens is 1. The molecule has 0 aliphatic rings. The molecular formula is C13H20FNO. The van der Waals surface area contributed by atoms with Gasteiger partial charge in [0.15, 0.2) is 0 Å². The van der Waals surface area contributed by atoms with Crippen molar-refractivity contribution in [2.24, 2.45) is 5.41 Å². The van der Waals surface area contributed by atoms with E-state index in [4.69, 9.17) is 0 Å². The summed E-state index contributed by atoms with van der Waals surface area (Å²) < 4.78 is 13.0. The molecule has 1 aromatic carbocycles. The van der Waals surface area contributed by atoms with Crippen molar-refractivity contribution in [3.05, 3.63) is 29.6 Å². The summed E-state index contributed by atoms with van der Waals surface area (Å²) in [6, 6.07) is 4.43. The first-order valence-corrected chi connectivity index (χ1v) is 5.51. The highest BCUT2D eigenvalue weighted by atomic mass is 19.1. The zero-order valence-corrected chi connectivity index (χ0v) is 10.3. The number of aromatic hydroxyl groups is 1. The Morgan fingerprint density at radius 3 is 2.44 bits per heavy atom.